The number of rotatable bonds is 5. The molecule has 0 atom stereocenters. The molecule has 0 unspecified atom stereocenters. The number of hydrogen-bond acceptors (Lipinski definition) is 4. The van der Waals surface area contributed by atoms with E-state index in [2.05, 4.69) is 20.7 Å². The molecule has 5 rings (SSSR count). The SMILES string of the molecule is CNC(=O)c1cnc(NC(=O)C2CC2)c2c1C=C(c1cccc(-c3cnn(C)c3)c1F)C2. The average Bonchev–Trinajstić information content (AvgIpc) is 3.41. The molecule has 0 spiro atoms. The molecule has 2 aromatic heterocycles. The van der Waals surface area contributed by atoms with Crippen LogP contribution in [-0.4, -0.2) is 33.6 Å². The van der Waals surface area contributed by atoms with Crippen molar-refractivity contribution in [2.45, 2.75) is 19.3 Å². The number of amides is 2. The highest BCUT2D eigenvalue weighted by Crippen LogP contribution is 2.40. The smallest absolute Gasteiger partial charge is 0.253 e. The van der Waals surface area contributed by atoms with Gasteiger partial charge in [0.15, 0.2) is 0 Å². The summed E-state index contributed by atoms with van der Waals surface area (Å²) in [7, 11) is 3.33. The summed E-state index contributed by atoms with van der Waals surface area (Å²) in [6.45, 7) is 0. The van der Waals surface area contributed by atoms with E-state index in [4.69, 9.17) is 0 Å². The van der Waals surface area contributed by atoms with Crippen LogP contribution in [0.25, 0.3) is 22.8 Å². The molecule has 32 heavy (non-hydrogen) atoms. The van der Waals surface area contributed by atoms with Crippen LogP contribution in [0.1, 0.15) is 39.9 Å². The topological polar surface area (TPSA) is 88.9 Å². The maximum atomic E-state index is 15.6. The van der Waals surface area contributed by atoms with Gasteiger partial charge in [0.25, 0.3) is 5.91 Å². The third-order valence-electron chi connectivity index (χ3n) is 5.93. The van der Waals surface area contributed by atoms with Gasteiger partial charge in [-0.2, -0.15) is 5.10 Å². The lowest BCUT2D eigenvalue weighted by Crippen LogP contribution is -2.21. The van der Waals surface area contributed by atoms with Crippen molar-refractivity contribution in [1.82, 2.24) is 20.1 Å². The lowest BCUT2D eigenvalue weighted by Gasteiger charge is -2.12. The first-order chi connectivity index (χ1) is 15.5. The van der Waals surface area contributed by atoms with E-state index in [1.54, 1.807) is 49.4 Å². The van der Waals surface area contributed by atoms with Gasteiger partial charge in [0.2, 0.25) is 5.91 Å². The maximum absolute atomic E-state index is 15.6. The van der Waals surface area contributed by atoms with Gasteiger partial charge in [-0.25, -0.2) is 9.37 Å². The molecule has 2 N–H and O–H groups in total. The Morgan fingerprint density at radius 2 is 1.97 bits per heavy atom. The molecule has 2 aliphatic rings. The van der Waals surface area contributed by atoms with E-state index in [0.29, 0.717) is 40.1 Å². The van der Waals surface area contributed by atoms with Crippen LogP contribution in [0.3, 0.4) is 0 Å². The fourth-order valence-electron chi connectivity index (χ4n) is 4.05. The van der Waals surface area contributed by atoms with E-state index < -0.39 is 0 Å². The van der Waals surface area contributed by atoms with Gasteiger partial charge in [-0.15, -0.1) is 0 Å². The van der Waals surface area contributed by atoms with Crippen LogP contribution < -0.4 is 10.6 Å². The summed E-state index contributed by atoms with van der Waals surface area (Å²) in [6.07, 6.45) is 8.78. The summed E-state index contributed by atoms with van der Waals surface area (Å²) in [5.41, 5.74) is 4.10. The normalized spacial score (nSPS) is 14.7. The first kappa shape index (κ1) is 20.1. The van der Waals surface area contributed by atoms with Crippen molar-refractivity contribution in [2.75, 3.05) is 12.4 Å². The molecule has 0 bridgehead atoms. The highest BCUT2D eigenvalue weighted by Gasteiger charge is 2.32. The number of hydrogen-bond donors (Lipinski definition) is 2. The zero-order valence-corrected chi connectivity index (χ0v) is 17.8. The summed E-state index contributed by atoms with van der Waals surface area (Å²) in [4.78, 5) is 29.1. The molecule has 2 aliphatic carbocycles. The Balaban J connectivity index is 1.56. The van der Waals surface area contributed by atoms with E-state index >= 15 is 4.39 Å². The Morgan fingerprint density at radius 3 is 2.66 bits per heavy atom. The van der Waals surface area contributed by atoms with Crippen LogP contribution in [0.2, 0.25) is 0 Å². The van der Waals surface area contributed by atoms with Gasteiger partial charge in [0, 0.05) is 61.1 Å². The van der Waals surface area contributed by atoms with Crippen molar-refractivity contribution in [3.05, 3.63) is 64.9 Å². The summed E-state index contributed by atoms with van der Waals surface area (Å²) >= 11 is 0. The van der Waals surface area contributed by atoms with E-state index in [-0.39, 0.29) is 23.5 Å². The number of halogens is 1. The van der Waals surface area contributed by atoms with E-state index in [1.165, 1.54) is 6.20 Å². The third-order valence-corrected chi connectivity index (χ3v) is 5.93. The van der Waals surface area contributed by atoms with Crippen molar-refractivity contribution >= 4 is 29.3 Å². The monoisotopic (exact) mass is 431 g/mol. The van der Waals surface area contributed by atoms with Crippen LogP contribution in [-0.2, 0) is 18.3 Å². The Morgan fingerprint density at radius 1 is 1.19 bits per heavy atom. The van der Waals surface area contributed by atoms with Gasteiger partial charge < -0.3 is 10.6 Å². The number of carbonyl (C=O) groups excluding carboxylic acids is 2. The Labute approximate surface area is 184 Å². The van der Waals surface area contributed by atoms with Crippen molar-refractivity contribution in [2.24, 2.45) is 13.0 Å². The molecule has 3 aromatic rings. The zero-order chi connectivity index (χ0) is 22.4. The van der Waals surface area contributed by atoms with E-state index in [9.17, 15) is 9.59 Å². The highest BCUT2D eigenvalue weighted by molar-refractivity contribution is 6.04. The molecule has 2 amide bonds. The first-order valence-electron chi connectivity index (χ1n) is 10.5. The third kappa shape index (κ3) is 3.47. The van der Waals surface area contributed by atoms with Crippen molar-refractivity contribution in [3.63, 3.8) is 0 Å². The number of fused-ring (bicyclic) bond motifs is 1. The molecule has 1 saturated carbocycles. The van der Waals surface area contributed by atoms with Crippen LogP contribution in [0, 0.1) is 11.7 Å². The lowest BCUT2D eigenvalue weighted by atomic mass is 9.98. The highest BCUT2D eigenvalue weighted by atomic mass is 19.1. The molecule has 0 radical (unpaired) electrons. The number of benzene rings is 1. The minimum Gasteiger partial charge on any atom is -0.355 e. The number of nitrogens with zero attached hydrogens (tertiary/aromatic N) is 3. The van der Waals surface area contributed by atoms with Gasteiger partial charge in [0.05, 0.1) is 11.8 Å². The van der Waals surface area contributed by atoms with Crippen molar-refractivity contribution in [3.8, 4) is 11.1 Å². The van der Waals surface area contributed by atoms with Gasteiger partial charge in [0.1, 0.15) is 11.6 Å². The number of aromatic nitrogens is 3. The average molecular weight is 431 g/mol. The molecule has 162 valence electrons. The number of pyridine rings is 1. The van der Waals surface area contributed by atoms with E-state index in [1.807, 2.05) is 6.08 Å². The second kappa shape index (κ2) is 7.71. The Hall–Kier alpha value is -3.81. The summed E-state index contributed by atoms with van der Waals surface area (Å²) < 4.78 is 17.2. The molecule has 1 aromatic carbocycles. The molecule has 8 heteroatoms. The Kier molecular flexibility index (Phi) is 4.84. The van der Waals surface area contributed by atoms with Crippen LogP contribution >= 0.6 is 0 Å². The Bertz CT molecular complexity index is 1290. The lowest BCUT2D eigenvalue weighted by molar-refractivity contribution is -0.117. The number of anilines is 1. The van der Waals surface area contributed by atoms with Crippen molar-refractivity contribution < 1.29 is 14.0 Å². The second-order valence-corrected chi connectivity index (χ2v) is 8.17. The maximum Gasteiger partial charge on any atom is 0.253 e. The van der Waals surface area contributed by atoms with Gasteiger partial charge in [-0.3, -0.25) is 14.3 Å². The van der Waals surface area contributed by atoms with Crippen LogP contribution in [0.5, 0.6) is 0 Å². The van der Waals surface area contributed by atoms with Gasteiger partial charge in [-0.1, -0.05) is 18.2 Å². The second-order valence-electron chi connectivity index (χ2n) is 8.17. The van der Waals surface area contributed by atoms with Gasteiger partial charge in [-0.05, 0) is 30.1 Å². The first-order valence-corrected chi connectivity index (χ1v) is 10.5. The summed E-state index contributed by atoms with van der Waals surface area (Å²) in [6, 6.07) is 5.25. The predicted molar refractivity (Wildman–Crippen MR) is 119 cm³/mol. The summed E-state index contributed by atoms with van der Waals surface area (Å²) in [5, 5.41) is 9.65. The zero-order valence-electron chi connectivity index (χ0n) is 17.8. The quantitative estimate of drug-likeness (QED) is 0.648. The number of carbonyl (C=O) groups is 2. The minimum absolute atomic E-state index is 0.0218. The van der Waals surface area contributed by atoms with Gasteiger partial charge >= 0.3 is 0 Å². The molecule has 0 saturated heterocycles. The van der Waals surface area contributed by atoms with Crippen molar-refractivity contribution in [1.29, 1.82) is 0 Å². The molecule has 1 fully saturated rings. The number of aryl methyl sites for hydroxylation is 1. The van der Waals surface area contributed by atoms with Crippen LogP contribution in [0.4, 0.5) is 10.2 Å². The molecule has 2 heterocycles. The minimum atomic E-state index is -0.349. The molecular weight excluding hydrogens is 409 g/mol. The standard InChI is InChI=1S/C24H22FN5O2/c1-26-24(32)20-11-27-22(29-23(31)13-6-7-13)19-9-14(8-18(19)20)16-4-3-5-17(21(16)25)15-10-28-30(2)12-15/h3-5,8,10-13H,6-7,9H2,1-2H3,(H,26,32)(H,27,29,31). The number of nitrogens with one attached hydrogen (secondary N) is 2. The fraction of sp³-hybridized carbons (Fsp3) is 0.250. The summed E-state index contributed by atoms with van der Waals surface area (Å²) in [5.74, 6) is -0.243. The predicted octanol–water partition coefficient (Wildman–Crippen LogP) is 3.43. The fourth-order valence-corrected chi connectivity index (χ4v) is 4.05. The molecule has 7 nitrogen and oxygen atoms in total. The van der Waals surface area contributed by atoms with E-state index in [0.717, 1.165) is 24.0 Å². The van der Waals surface area contributed by atoms with Crippen LogP contribution in [0.15, 0.2) is 36.8 Å². The number of allylic oxidation sites excluding steroid dienone is 1. The molecular formula is C24H22FN5O2. The largest absolute Gasteiger partial charge is 0.355 e. The molecule has 0 aliphatic heterocycles.